The summed E-state index contributed by atoms with van der Waals surface area (Å²) in [7, 11) is -3.64. The first kappa shape index (κ1) is 14.1. The van der Waals surface area contributed by atoms with Crippen LogP contribution in [0.3, 0.4) is 0 Å². The Morgan fingerprint density at radius 1 is 1.00 bits per heavy atom. The molecule has 110 valence electrons. The van der Waals surface area contributed by atoms with Crippen LogP contribution in [0.2, 0.25) is 0 Å². The third-order valence-electron chi connectivity index (χ3n) is 3.94. The molecule has 0 spiro atoms. The molecule has 2 aromatic rings. The van der Waals surface area contributed by atoms with Gasteiger partial charge in [-0.15, -0.1) is 0 Å². The molecule has 0 unspecified atom stereocenters. The molecule has 1 aliphatic carbocycles. The summed E-state index contributed by atoms with van der Waals surface area (Å²) in [6.45, 7) is 0. The standard InChI is InChI=1S/C16H18N2O2S/c17-21(19,20)16-8-4-7-14(11-16)18-15-9-13(10-15)12-5-2-1-3-6-12/h1-8,11,13,15,18H,9-10H2,(H2,17,19,20). The number of hydrogen-bond donors (Lipinski definition) is 2. The van der Waals surface area contributed by atoms with Crippen molar-refractivity contribution in [3.05, 3.63) is 60.2 Å². The van der Waals surface area contributed by atoms with Gasteiger partial charge in [-0.25, -0.2) is 13.6 Å². The third-order valence-corrected chi connectivity index (χ3v) is 4.85. The van der Waals surface area contributed by atoms with Crippen molar-refractivity contribution < 1.29 is 8.42 Å². The van der Waals surface area contributed by atoms with E-state index in [2.05, 4.69) is 29.6 Å². The van der Waals surface area contributed by atoms with Crippen LogP contribution in [0.1, 0.15) is 24.3 Å². The van der Waals surface area contributed by atoms with Gasteiger partial charge in [-0.05, 0) is 42.5 Å². The van der Waals surface area contributed by atoms with E-state index in [1.54, 1.807) is 12.1 Å². The van der Waals surface area contributed by atoms with Gasteiger partial charge in [0.25, 0.3) is 0 Å². The zero-order valence-electron chi connectivity index (χ0n) is 11.6. The molecule has 0 heterocycles. The van der Waals surface area contributed by atoms with Crippen molar-refractivity contribution in [2.75, 3.05) is 5.32 Å². The van der Waals surface area contributed by atoms with Crippen LogP contribution >= 0.6 is 0 Å². The molecule has 0 aromatic heterocycles. The Morgan fingerprint density at radius 3 is 2.38 bits per heavy atom. The second kappa shape index (κ2) is 5.50. The number of anilines is 1. The quantitative estimate of drug-likeness (QED) is 0.912. The lowest BCUT2D eigenvalue weighted by Crippen LogP contribution is -2.34. The molecular weight excluding hydrogens is 284 g/mol. The first-order valence-corrected chi connectivity index (χ1v) is 8.51. The van der Waals surface area contributed by atoms with Crippen molar-refractivity contribution in [2.45, 2.75) is 29.7 Å². The van der Waals surface area contributed by atoms with Crippen molar-refractivity contribution >= 4 is 15.7 Å². The highest BCUT2D eigenvalue weighted by molar-refractivity contribution is 7.89. The fourth-order valence-corrected chi connectivity index (χ4v) is 3.29. The second-order valence-electron chi connectivity index (χ2n) is 5.49. The van der Waals surface area contributed by atoms with E-state index in [9.17, 15) is 8.42 Å². The third kappa shape index (κ3) is 3.25. The van der Waals surface area contributed by atoms with Crippen LogP contribution in [0.4, 0.5) is 5.69 Å². The summed E-state index contributed by atoms with van der Waals surface area (Å²) in [5.74, 6) is 0.588. The average molecular weight is 302 g/mol. The number of nitrogens with two attached hydrogens (primary N) is 1. The van der Waals surface area contributed by atoms with Crippen molar-refractivity contribution in [3.8, 4) is 0 Å². The number of nitrogens with one attached hydrogen (secondary N) is 1. The molecule has 1 saturated carbocycles. The van der Waals surface area contributed by atoms with Gasteiger partial charge in [0.05, 0.1) is 4.90 Å². The van der Waals surface area contributed by atoms with E-state index in [1.807, 2.05) is 12.1 Å². The van der Waals surface area contributed by atoms with Crippen LogP contribution in [0.15, 0.2) is 59.5 Å². The summed E-state index contributed by atoms with van der Waals surface area (Å²) in [4.78, 5) is 0.145. The summed E-state index contributed by atoms with van der Waals surface area (Å²) < 4.78 is 22.7. The van der Waals surface area contributed by atoms with Gasteiger partial charge in [-0.1, -0.05) is 36.4 Å². The minimum atomic E-state index is -3.64. The maximum atomic E-state index is 11.3. The molecule has 3 N–H and O–H groups in total. The molecule has 0 bridgehead atoms. The Labute approximate surface area is 125 Å². The lowest BCUT2D eigenvalue weighted by Gasteiger charge is -2.37. The highest BCUT2D eigenvalue weighted by Crippen LogP contribution is 2.38. The minimum absolute atomic E-state index is 0.145. The molecular formula is C16H18N2O2S. The Kier molecular flexibility index (Phi) is 3.69. The molecule has 0 aliphatic heterocycles. The molecule has 0 saturated heterocycles. The highest BCUT2D eigenvalue weighted by Gasteiger charge is 2.30. The molecule has 3 rings (SSSR count). The van der Waals surface area contributed by atoms with Crippen LogP contribution in [0, 0.1) is 0 Å². The van der Waals surface area contributed by atoms with Crippen molar-refractivity contribution in [3.63, 3.8) is 0 Å². The first-order valence-electron chi connectivity index (χ1n) is 6.97. The molecule has 5 heteroatoms. The van der Waals surface area contributed by atoms with E-state index in [4.69, 9.17) is 5.14 Å². The van der Waals surface area contributed by atoms with E-state index in [0.717, 1.165) is 18.5 Å². The van der Waals surface area contributed by atoms with Gasteiger partial charge in [0.15, 0.2) is 0 Å². The van der Waals surface area contributed by atoms with E-state index in [-0.39, 0.29) is 4.90 Å². The second-order valence-corrected chi connectivity index (χ2v) is 7.05. The largest absolute Gasteiger partial charge is 0.382 e. The van der Waals surface area contributed by atoms with Crippen LogP contribution < -0.4 is 10.5 Å². The number of sulfonamides is 1. The number of benzene rings is 2. The van der Waals surface area contributed by atoms with Gasteiger partial charge in [-0.2, -0.15) is 0 Å². The lowest BCUT2D eigenvalue weighted by atomic mass is 9.76. The van der Waals surface area contributed by atoms with E-state index >= 15 is 0 Å². The van der Waals surface area contributed by atoms with Crippen LogP contribution in [-0.4, -0.2) is 14.5 Å². The normalized spacial score (nSPS) is 21.6. The summed E-state index contributed by atoms with van der Waals surface area (Å²) >= 11 is 0. The number of hydrogen-bond acceptors (Lipinski definition) is 3. The number of primary sulfonamides is 1. The number of rotatable bonds is 4. The smallest absolute Gasteiger partial charge is 0.238 e. The van der Waals surface area contributed by atoms with Crippen molar-refractivity contribution in [2.24, 2.45) is 5.14 Å². The van der Waals surface area contributed by atoms with Gasteiger partial charge in [0.1, 0.15) is 0 Å². The monoisotopic (exact) mass is 302 g/mol. The fourth-order valence-electron chi connectivity index (χ4n) is 2.73. The van der Waals surface area contributed by atoms with E-state index < -0.39 is 10.0 Å². The summed E-state index contributed by atoms with van der Waals surface area (Å²) in [6, 6.07) is 17.5. The maximum absolute atomic E-state index is 11.3. The zero-order valence-corrected chi connectivity index (χ0v) is 12.4. The van der Waals surface area contributed by atoms with E-state index in [0.29, 0.717) is 12.0 Å². The summed E-state index contributed by atoms with van der Waals surface area (Å²) in [6.07, 6.45) is 2.12. The Hall–Kier alpha value is -1.85. The molecule has 4 nitrogen and oxygen atoms in total. The minimum Gasteiger partial charge on any atom is -0.382 e. The van der Waals surface area contributed by atoms with Gasteiger partial charge in [0.2, 0.25) is 10.0 Å². The van der Waals surface area contributed by atoms with E-state index in [1.165, 1.54) is 11.6 Å². The molecule has 21 heavy (non-hydrogen) atoms. The van der Waals surface area contributed by atoms with Crippen molar-refractivity contribution in [1.29, 1.82) is 0 Å². The van der Waals surface area contributed by atoms with Crippen molar-refractivity contribution in [1.82, 2.24) is 0 Å². The first-order chi connectivity index (χ1) is 10.0. The predicted molar refractivity (Wildman–Crippen MR) is 83.6 cm³/mol. The predicted octanol–water partition coefficient (Wildman–Crippen LogP) is 2.69. The van der Waals surface area contributed by atoms with Crippen LogP contribution in [-0.2, 0) is 10.0 Å². The SMILES string of the molecule is NS(=O)(=O)c1cccc(NC2CC(c3ccccc3)C2)c1. The van der Waals surface area contributed by atoms with Gasteiger partial charge in [-0.3, -0.25) is 0 Å². The highest BCUT2D eigenvalue weighted by atomic mass is 32.2. The Balaban J connectivity index is 1.62. The molecule has 0 amide bonds. The van der Waals surface area contributed by atoms with Gasteiger partial charge in [0, 0.05) is 11.7 Å². The van der Waals surface area contributed by atoms with Gasteiger partial charge < -0.3 is 5.32 Å². The summed E-state index contributed by atoms with van der Waals surface area (Å²) in [5.41, 5.74) is 2.17. The molecule has 1 fully saturated rings. The zero-order chi connectivity index (χ0) is 14.9. The van der Waals surface area contributed by atoms with Crippen LogP contribution in [0.5, 0.6) is 0 Å². The lowest BCUT2D eigenvalue weighted by molar-refractivity contribution is 0.374. The van der Waals surface area contributed by atoms with Gasteiger partial charge >= 0.3 is 0 Å². The maximum Gasteiger partial charge on any atom is 0.238 e. The Bertz CT molecular complexity index is 723. The molecule has 0 atom stereocenters. The summed E-state index contributed by atoms with van der Waals surface area (Å²) in [5, 5.41) is 8.52. The molecule has 1 aliphatic rings. The van der Waals surface area contributed by atoms with Crippen LogP contribution in [0.25, 0.3) is 0 Å². The Morgan fingerprint density at radius 2 is 1.71 bits per heavy atom. The molecule has 2 aromatic carbocycles. The molecule has 0 radical (unpaired) electrons. The average Bonchev–Trinajstić information content (AvgIpc) is 2.43. The fraction of sp³-hybridized carbons (Fsp3) is 0.250. The topological polar surface area (TPSA) is 72.2 Å².